The summed E-state index contributed by atoms with van der Waals surface area (Å²) >= 11 is 0. The third kappa shape index (κ3) is 6.73. The maximum absolute atomic E-state index is 13.7. The Labute approximate surface area is 265 Å². The van der Waals surface area contributed by atoms with Crippen LogP contribution < -0.4 is 19.6 Å². The van der Waals surface area contributed by atoms with Crippen LogP contribution in [0.4, 0.5) is 0 Å². The van der Waals surface area contributed by atoms with Crippen LogP contribution in [0.5, 0.6) is 40.2 Å². The number of methoxy groups -OCH3 is 2. The smallest absolute Gasteiger partial charge is 0.330 e. The molecule has 1 fully saturated rings. The second kappa shape index (κ2) is 13.5. The van der Waals surface area contributed by atoms with Crippen LogP contribution in [0.1, 0.15) is 5.56 Å². The van der Waals surface area contributed by atoms with Gasteiger partial charge in [-0.25, -0.2) is 4.79 Å². The maximum atomic E-state index is 13.7. The van der Waals surface area contributed by atoms with Crippen molar-refractivity contribution in [3.8, 4) is 51.6 Å². The van der Waals surface area contributed by atoms with E-state index in [0.29, 0.717) is 5.56 Å². The van der Waals surface area contributed by atoms with Crippen molar-refractivity contribution in [3.05, 3.63) is 70.4 Å². The molecule has 0 bridgehead atoms. The van der Waals surface area contributed by atoms with Gasteiger partial charge in [-0.1, -0.05) is 6.07 Å². The van der Waals surface area contributed by atoms with E-state index >= 15 is 0 Å². The summed E-state index contributed by atoms with van der Waals surface area (Å²) in [5.74, 6) is -3.04. The van der Waals surface area contributed by atoms with Crippen LogP contribution in [-0.4, -0.2) is 93.2 Å². The molecule has 5 rings (SSSR count). The minimum absolute atomic E-state index is 0.0112. The van der Waals surface area contributed by atoms with Crippen LogP contribution in [0.3, 0.4) is 0 Å². The molecule has 1 aliphatic rings. The van der Waals surface area contributed by atoms with Crippen LogP contribution in [0.25, 0.3) is 28.4 Å². The molecule has 5 atom stereocenters. The molecule has 1 saturated heterocycles. The van der Waals surface area contributed by atoms with E-state index in [0.717, 1.165) is 18.2 Å². The third-order valence-electron chi connectivity index (χ3n) is 7.27. The van der Waals surface area contributed by atoms with Gasteiger partial charge in [0, 0.05) is 23.8 Å². The molecule has 4 aromatic rings. The van der Waals surface area contributed by atoms with Crippen LogP contribution in [0.15, 0.2) is 63.8 Å². The molecule has 15 nitrogen and oxygen atoms in total. The second-order valence-electron chi connectivity index (χ2n) is 10.3. The first kappa shape index (κ1) is 32.9. The molecule has 1 aliphatic heterocycles. The van der Waals surface area contributed by atoms with E-state index in [9.17, 15) is 45.3 Å². The van der Waals surface area contributed by atoms with E-state index in [4.69, 9.17) is 28.1 Å². The van der Waals surface area contributed by atoms with Gasteiger partial charge in [0.1, 0.15) is 53.5 Å². The minimum atomic E-state index is -1.94. The lowest BCUT2D eigenvalue weighted by Gasteiger charge is -2.39. The Morgan fingerprint density at radius 1 is 0.851 bits per heavy atom. The highest BCUT2D eigenvalue weighted by atomic mass is 16.7. The highest BCUT2D eigenvalue weighted by molar-refractivity contribution is 5.88. The Morgan fingerprint density at radius 2 is 1.53 bits per heavy atom. The van der Waals surface area contributed by atoms with Crippen molar-refractivity contribution >= 4 is 23.0 Å². The standard InChI is InChI=1S/C32H30O15/c1-42-20-9-14(3-6-17(20)34)4-8-24(37)44-13-23-26(38)28(40)29(41)32(46-23)47-31-27(39)25-19(36)11-16(33)12-22(25)45-30(31)15-5-7-18(35)21(10-15)43-2/h3-12,23,26,28-29,32-36,38,40-41H,13H2,1-2H3/b8-4+/t23-,26+,28+,29-,32+/m1/s1. The molecule has 0 unspecified atom stereocenters. The summed E-state index contributed by atoms with van der Waals surface area (Å²) in [4.78, 5) is 26.1. The number of carbonyl (C=O) groups is 1. The van der Waals surface area contributed by atoms with Crippen molar-refractivity contribution in [1.82, 2.24) is 0 Å². The summed E-state index contributed by atoms with van der Waals surface area (Å²) in [5.41, 5.74) is -0.604. The average Bonchev–Trinajstić information content (AvgIpc) is 3.04. The Kier molecular flexibility index (Phi) is 9.44. The first-order chi connectivity index (χ1) is 22.4. The van der Waals surface area contributed by atoms with E-state index in [1.54, 1.807) is 0 Å². The SMILES string of the molecule is COc1cc(/C=C/C(=O)OC[C@H]2O[C@@H](Oc3c(-c4ccc(O)c(OC)c4)oc4cc(O)cc(O)c4c3=O)[C@H](O)[C@@H](O)[C@H]2O)ccc1O. The monoisotopic (exact) mass is 654 g/mol. The maximum Gasteiger partial charge on any atom is 0.330 e. The molecule has 7 N–H and O–H groups in total. The van der Waals surface area contributed by atoms with Gasteiger partial charge in [0.15, 0.2) is 28.8 Å². The Morgan fingerprint density at radius 3 is 2.23 bits per heavy atom. The van der Waals surface area contributed by atoms with Gasteiger partial charge in [0.05, 0.1) is 14.2 Å². The number of phenolic OH excluding ortho intramolecular Hbond substituents is 4. The molecule has 0 aliphatic carbocycles. The van der Waals surface area contributed by atoms with Gasteiger partial charge in [-0.2, -0.15) is 0 Å². The van der Waals surface area contributed by atoms with E-state index in [1.165, 1.54) is 56.7 Å². The Balaban J connectivity index is 1.43. The van der Waals surface area contributed by atoms with Crippen molar-refractivity contribution in [1.29, 1.82) is 0 Å². The Hall–Kier alpha value is -5.48. The van der Waals surface area contributed by atoms with E-state index in [2.05, 4.69) is 0 Å². The molecule has 0 radical (unpaired) electrons. The molecule has 0 amide bonds. The summed E-state index contributed by atoms with van der Waals surface area (Å²) in [6.07, 6.45) is -6.47. The van der Waals surface area contributed by atoms with Crippen molar-refractivity contribution in [3.63, 3.8) is 0 Å². The molecule has 3 aromatic carbocycles. The highest BCUT2D eigenvalue weighted by Crippen LogP contribution is 2.39. The Bertz CT molecular complexity index is 1880. The predicted octanol–water partition coefficient (Wildman–Crippen LogP) is 1.74. The number of aromatic hydroxyl groups is 4. The van der Waals surface area contributed by atoms with Crippen LogP contribution in [0, 0.1) is 0 Å². The van der Waals surface area contributed by atoms with Gasteiger partial charge in [-0.05, 0) is 42.0 Å². The van der Waals surface area contributed by atoms with Gasteiger partial charge in [0.2, 0.25) is 17.5 Å². The topological polar surface area (TPSA) is 235 Å². The quantitative estimate of drug-likeness (QED) is 0.101. The summed E-state index contributed by atoms with van der Waals surface area (Å²) in [5, 5.41) is 71.7. The molecule has 248 valence electrons. The molecule has 15 heteroatoms. The van der Waals surface area contributed by atoms with Gasteiger partial charge in [0.25, 0.3) is 0 Å². The van der Waals surface area contributed by atoms with Gasteiger partial charge < -0.3 is 63.8 Å². The number of aliphatic hydroxyl groups excluding tert-OH is 3. The van der Waals surface area contributed by atoms with Gasteiger partial charge >= 0.3 is 5.97 Å². The number of rotatable bonds is 9. The average molecular weight is 655 g/mol. The van der Waals surface area contributed by atoms with Crippen LogP contribution >= 0.6 is 0 Å². The number of aliphatic hydroxyl groups is 3. The number of hydrogen-bond acceptors (Lipinski definition) is 15. The number of fused-ring (bicyclic) bond motifs is 1. The third-order valence-corrected chi connectivity index (χ3v) is 7.27. The lowest BCUT2D eigenvalue weighted by molar-refractivity contribution is -0.278. The normalized spacial score (nSPS) is 21.1. The molecule has 0 spiro atoms. The fourth-order valence-corrected chi connectivity index (χ4v) is 4.83. The fourth-order valence-electron chi connectivity index (χ4n) is 4.83. The summed E-state index contributed by atoms with van der Waals surface area (Å²) < 4.78 is 32.6. The van der Waals surface area contributed by atoms with Crippen LogP contribution in [0.2, 0.25) is 0 Å². The predicted molar refractivity (Wildman–Crippen MR) is 161 cm³/mol. The summed E-state index contributed by atoms with van der Waals surface area (Å²) in [6, 6.07) is 10.2. The molecular weight excluding hydrogens is 624 g/mol. The number of phenols is 4. The van der Waals surface area contributed by atoms with Crippen LogP contribution in [-0.2, 0) is 14.3 Å². The molecule has 47 heavy (non-hydrogen) atoms. The first-order valence-corrected chi connectivity index (χ1v) is 13.9. The second-order valence-corrected chi connectivity index (χ2v) is 10.3. The fraction of sp³-hybridized carbons (Fsp3) is 0.250. The summed E-state index contributed by atoms with van der Waals surface area (Å²) in [7, 11) is 2.65. The number of carbonyl (C=O) groups excluding carboxylic acids is 1. The zero-order valence-electron chi connectivity index (χ0n) is 24.8. The van der Waals surface area contributed by atoms with E-state index < -0.39 is 71.3 Å². The minimum Gasteiger partial charge on any atom is -0.508 e. The highest BCUT2D eigenvalue weighted by Gasteiger charge is 2.46. The lowest BCUT2D eigenvalue weighted by atomic mass is 9.99. The van der Waals surface area contributed by atoms with E-state index in [-0.39, 0.29) is 39.9 Å². The molecule has 0 saturated carbocycles. The molecular formula is C32H30O15. The van der Waals surface area contributed by atoms with Crippen molar-refractivity contribution in [2.75, 3.05) is 20.8 Å². The largest absolute Gasteiger partial charge is 0.508 e. The number of hydrogen-bond donors (Lipinski definition) is 7. The van der Waals surface area contributed by atoms with Gasteiger partial charge in [-0.3, -0.25) is 4.79 Å². The number of benzene rings is 3. The zero-order chi connectivity index (χ0) is 34.0. The lowest BCUT2D eigenvalue weighted by Crippen LogP contribution is -2.60. The van der Waals surface area contributed by atoms with Crippen molar-refractivity contribution in [2.24, 2.45) is 0 Å². The van der Waals surface area contributed by atoms with E-state index in [1.807, 2.05) is 0 Å². The van der Waals surface area contributed by atoms with Crippen molar-refractivity contribution < 1.29 is 68.6 Å². The number of ether oxygens (including phenoxy) is 5. The van der Waals surface area contributed by atoms with Crippen molar-refractivity contribution in [2.45, 2.75) is 30.7 Å². The molecule has 2 heterocycles. The summed E-state index contributed by atoms with van der Waals surface area (Å²) in [6.45, 7) is -0.624. The number of esters is 1. The molecule has 1 aromatic heterocycles. The van der Waals surface area contributed by atoms with Gasteiger partial charge in [-0.15, -0.1) is 0 Å². The zero-order valence-corrected chi connectivity index (χ0v) is 24.8. The first-order valence-electron chi connectivity index (χ1n) is 13.9.